The summed E-state index contributed by atoms with van der Waals surface area (Å²) in [5.74, 6) is 2.98. The summed E-state index contributed by atoms with van der Waals surface area (Å²) < 4.78 is 11.4. The van der Waals surface area contributed by atoms with Crippen LogP contribution in [0.2, 0.25) is 0 Å². The summed E-state index contributed by atoms with van der Waals surface area (Å²) in [6.45, 7) is 4.59. The molecule has 2 aromatic rings. The Kier molecular flexibility index (Phi) is 5.06. The molecule has 3 aliphatic heterocycles. The first-order chi connectivity index (χ1) is 14.3. The fraction of sp³-hybridized carbons (Fsp3) is 0.500. The SMILES string of the molecule is O=C(Cc1ccc2c(c1)OCCCO2)N1CCc2nc([C@H]3CCNC3)ncc2C1. The van der Waals surface area contributed by atoms with Gasteiger partial charge in [0.1, 0.15) is 5.82 Å². The summed E-state index contributed by atoms with van der Waals surface area (Å²) in [5.41, 5.74) is 3.12. The normalized spacial score (nSPS) is 20.8. The number of fused-ring (bicyclic) bond motifs is 2. The average molecular weight is 394 g/mol. The molecule has 152 valence electrons. The van der Waals surface area contributed by atoms with Crippen molar-refractivity contribution in [3.05, 3.63) is 47.0 Å². The Balaban J connectivity index is 1.25. The van der Waals surface area contributed by atoms with E-state index in [2.05, 4.69) is 10.3 Å². The van der Waals surface area contributed by atoms with E-state index in [0.29, 0.717) is 38.6 Å². The Labute approximate surface area is 170 Å². The van der Waals surface area contributed by atoms with Crippen LogP contribution < -0.4 is 14.8 Å². The predicted octanol–water partition coefficient (Wildman–Crippen LogP) is 1.84. The number of aromatic nitrogens is 2. The first kappa shape index (κ1) is 18.4. The van der Waals surface area contributed by atoms with Gasteiger partial charge in [-0.3, -0.25) is 4.79 Å². The number of nitrogens with one attached hydrogen (secondary N) is 1. The molecule has 0 spiro atoms. The number of carbonyl (C=O) groups excluding carboxylic acids is 1. The maximum Gasteiger partial charge on any atom is 0.227 e. The maximum absolute atomic E-state index is 12.9. The van der Waals surface area contributed by atoms with E-state index in [9.17, 15) is 4.79 Å². The molecule has 0 radical (unpaired) electrons. The van der Waals surface area contributed by atoms with Gasteiger partial charge in [-0.1, -0.05) is 6.07 Å². The molecule has 1 aromatic carbocycles. The van der Waals surface area contributed by atoms with E-state index in [1.54, 1.807) is 0 Å². The first-order valence-corrected chi connectivity index (χ1v) is 10.5. The first-order valence-electron chi connectivity index (χ1n) is 10.5. The van der Waals surface area contributed by atoms with Crippen LogP contribution in [-0.4, -0.2) is 53.6 Å². The van der Waals surface area contributed by atoms with Gasteiger partial charge < -0.3 is 19.7 Å². The minimum Gasteiger partial charge on any atom is -0.490 e. The summed E-state index contributed by atoms with van der Waals surface area (Å²) in [6.07, 6.45) is 5.04. The van der Waals surface area contributed by atoms with Gasteiger partial charge in [-0.2, -0.15) is 0 Å². The van der Waals surface area contributed by atoms with Crippen LogP contribution in [0, 0.1) is 0 Å². The van der Waals surface area contributed by atoms with Crippen molar-refractivity contribution >= 4 is 5.91 Å². The Morgan fingerprint density at radius 3 is 3.00 bits per heavy atom. The molecule has 0 saturated carbocycles. The van der Waals surface area contributed by atoms with E-state index in [1.165, 1.54) is 0 Å². The highest BCUT2D eigenvalue weighted by molar-refractivity contribution is 5.79. The van der Waals surface area contributed by atoms with Crippen LogP contribution in [-0.2, 0) is 24.2 Å². The minimum atomic E-state index is 0.120. The van der Waals surface area contributed by atoms with Gasteiger partial charge in [0.25, 0.3) is 0 Å². The van der Waals surface area contributed by atoms with Crippen LogP contribution >= 0.6 is 0 Å². The fourth-order valence-electron chi connectivity index (χ4n) is 4.22. The number of benzene rings is 1. The van der Waals surface area contributed by atoms with E-state index >= 15 is 0 Å². The van der Waals surface area contributed by atoms with E-state index in [1.807, 2.05) is 29.3 Å². The molecule has 0 unspecified atom stereocenters. The Morgan fingerprint density at radius 1 is 1.24 bits per heavy atom. The third-order valence-corrected chi connectivity index (χ3v) is 5.90. The molecule has 1 fully saturated rings. The quantitative estimate of drug-likeness (QED) is 0.856. The number of ether oxygens (including phenoxy) is 2. The Bertz CT molecular complexity index is 911. The van der Waals surface area contributed by atoms with E-state index in [0.717, 1.165) is 66.5 Å². The standard InChI is InChI=1S/C22H26N4O3/c27-21(11-15-2-3-19-20(10-15)29-9-1-8-28-19)26-7-5-18-17(14-26)13-24-22(25-18)16-4-6-23-12-16/h2-3,10,13,16,23H,1,4-9,11-12,14H2/t16-/m0/s1. The van der Waals surface area contributed by atoms with Crippen molar-refractivity contribution in [1.82, 2.24) is 20.2 Å². The number of rotatable bonds is 3. The summed E-state index contributed by atoms with van der Waals surface area (Å²) in [7, 11) is 0. The van der Waals surface area contributed by atoms with Gasteiger partial charge in [-0.05, 0) is 30.7 Å². The summed E-state index contributed by atoms with van der Waals surface area (Å²) in [5, 5.41) is 3.37. The molecular formula is C22H26N4O3. The van der Waals surface area contributed by atoms with Gasteiger partial charge in [-0.25, -0.2) is 9.97 Å². The highest BCUT2D eigenvalue weighted by atomic mass is 16.5. The van der Waals surface area contributed by atoms with Crippen molar-refractivity contribution in [3.8, 4) is 11.5 Å². The molecule has 7 nitrogen and oxygen atoms in total. The number of amides is 1. The fourth-order valence-corrected chi connectivity index (χ4v) is 4.22. The molecule has 1 atom stereocenters. The summed E-state index contributed by atoms with van der Waals surface area (Å²) >= 11 is 0. The second-order valence-electron chi connectivity index (χ2n) is 7.96. The van der Waals surface area contributed by atoms with Gasteiger partial charge in [0.05, 0.1) is 25.3 Å². The third kappa shape index (κ3) is 3.92. The van der Waals surface area contributed by atoms with E-state index in [-0.39, 0.29) is 5.91 Å². The molecule has 7 heteroatoms. The molecule has 1 saturated heterocycles. The van der Waals surface area contributed by atoms with Crippen molar-refractivity contribution in [3.63, 3.8) is 0 Å². The Hall–Kier alpha value is -2.67. The molecule has 1 amide bonds. The second kappa shape index (κ2) is 7.99. The Morgan fingerprint density at radius 2 is 2.14 bits per heavy atom. The van der Waals surface area contributed by atoms with Crippen molar-refractivity contribution in [2.45, 2.75) is 38.1 Å². The van der Waals surface area contributed by atoms with Crippen molar-refractivity contribution < 1.29 is 14.3 Å². The summed E-state index contributed by atoms with van der Waals surface area (Å²) in [4.78, 5) is 24.2. The number of nitrogens with zero attached hydrogens (tertiary/aromatic N) is 3. The molecule has 1 aromatic heterocycles. The van der Waals surface area contributed by atoms with E-state index in [4.69, 9.17) is 14.5 Å². The lowest BCUT2D eigenvalue weighted by atomic mass is 10.0. The van der Waals surface area contributed by atoms with Crippen molar-refractivity contribution in [1.29, 1.82) is 0 Å². The van der Waals surface area contributed by atoms with Crippen molar-refractivity contribution in [2.24, 2.45) is 0 Å². The van der Waals surface area contributed by atoms with Crippen molar-refractivity contribution in [2.75, 3.05) is 32.8 Å². The molecule has 1 N–H and O–H groups in total. The highest BCUT2D eigenvalue weighted by Gasteiger charge is 2.25. The lowest BCUT2D eigenvalue weighted by Crippen LogP contribution is -2.37. The van der Waals surface area contributed by atoms with Crippen LogP contribution in [0.4, 0.5) is 0 Å². The van der Waals surface area contributed by atoms with Gasteiger partial charge in [0, 0.05) is 50.2 Å². The van der Waals surface area contributed by atoms with Crippen LogP contribution in [0.3, 0.4) is 0 Å². The number of hydrogen-bond donors (Lipinski definition) is 1. The minimum absolute atomic E-state index is 0.120. The molecule has 29 heavy (non-hydrogen) atoms. The molecule has 3 aliphatic rings. The molecule has 0 bridgehead atoms. The smallest absolute Gasteiger partial charge is 0.227 e. The molecule has 5 rings (SSSR count). The summed E-state index contributed by atoms with van der Waals surface area (Å²) in [6, 6.07) is 5.79. The molecular weight excluding hydrogens is 368 g/mol. The van der Waals surface area contributed by atoms with E-state index < -0.39 is 0 Å². The maximum atomic E-state index is 12.9. The zero-order chi connectivity index (χ0) is 19.6. The molecule has 0 aliphatic carbocycles. The van der Waals surface area contributed by atoms with Crippen LogP contribution in [0.15, 0.2) is 24.4 Å². The van der Waals surface area contributed by atoms with Gasteiger partial charge in [-0.15, -0.1) is 0 Å². The lowest BCUT2D eigenvalue weighted by molar-refractivity contribution is -0.131. The van der Waals surface area contributed by atoms with Gasteiger partial charge in [0.2, 0.25) is 5.91 Å². The topological polar surface area (TPSA) is 76.6 Å². The van der Waals surface area contributed by atoms with Crippen LogP contribution in [0.25, 0.3) is 0 Å². The van der Waals surface area contributed by atoms with Gasteiger partial charge in [0.15, 0.2) is 11.5 Å². The largest absolute Gasteiger partial charge is 0.490 e. The predicted molar refractivity (Wildman–Crippen MR) is 107 cm³/mol. The zero-order valence-electron chi connectivity index (χ0n) is 16.5. The second-order valence-corrected chi connectivity index (χ2v) is 7.96. The van der Waals surface area contributed by atoms with Gasteiger partial charge >= 0.3 is 0 Å². The molecule has 4 heterocycles. The third-order valence-electron chi connectivity index (χ3n) is 5.90. The highest BCUT2D eigenvalue weighted by Crippen LogP contribution is 2.31. The number of carbonyl (C=O) groups is 1. The van der Waals surface area contributed by atoms with Crippen LogP contribution in [0.1, 0.15) is 41.4 Å². The number of hydrogen-bond acceptors (Lipinski definition) is 6. The zero-order valence-corrected chi connectivity index (χ0v) is 16.5. The van der Waals surface area contributed by atoms with Crippen LogP contribution in [0.5, 0.6) is 11.5 Å². The lowest BCUT2D eigenvalue weighted by Gasteiger charge is -2.28. The monoisotopic (exact) mass is 394 g/mol. The average Bonchev–Trinajstić information content (AvgIpc) is 3.19.